The number of anilines is 1. The maximum absolute atomic E-state index is 12.7. The third-order valence-electron chi connectivity index (χ3n) is 4.20. The van der Waals surface area contributed by atoms with Crippen molar-refractivity contribution in [1.82, 2.24) is 14.8 Å². The van der Waals surface area contributed by atoms with Crippen LogP contribution in [0.2, 0.25) is 0 Å². The molecule has 170 valence electrons. The number of terminal acetylenes is 1. The molecule has 0 unspecified atom stereocenters. The second-order valence-corrected chi connectivity index (χ2v) is 7.90. The molecule has 8 nitrogen and oxygen atoms in total. The van der Waals surface area contributed by atoms with Crippen molar-refractivity contribution in [3.8, 4) is 24.2 Å². The second kappa shape index (κ2) is 12.8. The van der Waals surface area contributed by atoms with E-state index >= 15 is 0 Å². The molecule has 33 heavy (non-hydrogen) atoms. The van der Waals surface area contributed by atoms with Crippen LogP contribution in [0.3, 0.4) is 0 Å². The monoisotopic (exact) mass is 463 g/mol. The predicted octanol–water partition coefficient (Wildman–Crippen LogP) is 0.454. The van der Waals surface area contributed by atoms with Crippen LogP contribution >= 0.6 is 11.3 Å². The van der Waals surface area contributed by atoms with Crippen LogP contribution in [0, 0.1) is 23.7 Å². The van der Waals surface area contributed by atoms with E-state index in [0.717, 1.165) is 29.3 Å². The highest BCUT2D eigenvalue weighted by molar-refractivity contribution is 7.07. The molecule has 1 aromatic carbocycles. The molecule has 2 rings (SSSR count). The maximum atomic E-state index is 12.7. The average Bonchev–Trinajstić information content (AvgIpc) is 3.09. The van der Waals surface area contributed by atoms with Gasteiger partial charge in [-0.2, -0.15) is 5.26 Å². The number of hydrogen-bond acceptors (Lipinski definition) is 7. The van der Waals surface area contributed by atoms with Gasteiger partial charge >= 0.3 is 0 Å². The van der Waals surface area contributed by atoms with E-state index in [4.69, 9.17) is 11.2 Å². The number of carbonyl (C=O) groups is 1. The topological polar surface area (TPSA) is 99.4 Å². The molecular formula is C24H25N5O3S. The van der Waals surface area contributed by atoms with Gasteiger partial charge in [0, 0.05) is 31.0 Å². The summed E-state index contributed by atoms with van der Waals surface area (Å²) in [5.74, 6) is 2.35. The number of nitriles is 1. The SMILES string of the molecule is C#CCNC(=O)C(=C=c1sc(=C=CNc2cccc(OCCN(C)C)c2)c(=O)n1CC)C#N. The van der Waals surface area contributed by atoms with Gasteiger partial charge in [-0.1, -0.05) is 34.8 Å². The summed E-state index contributed by atoms with van der Waals surface area (Å²) in [5.41, 5.74) is 5.89. The van der Waals surface area contributed by atoms with Crippen LogP contribution in [0.15, 0.2) is 40.8 Å². The highest BCUT2D eigenvalue weighted by Crippen LogP contribution is 2.17. The lowest BCUT2D eigenvalue weighted by Crippen LogP contribution is -2.30. The number of amides is 1. The molecule has 1 aromatic heterocycles. The van der Waals surface area contributed by atoms with E-state index in [1.165, 1.54) is 10.8 Å². The van der Waals surface area contributed by atoms with E-state index in [9.17, 15) is 14.9 Å². The molecule has 0 spiro atoms. The number of thiazole rings is 1. The van der Waals surface area contributed by atoms with Gasteiger partial charge in [0.1, 0.15) is 27.6 Å². The van der Waals surface area contributed by atoms with Gasteiger partial charge < -0.3 is 20.3 Å². The van der Waals surface area contributed by atoms with E-state index in [0.29, 0.717) is 22.3 Å². The van der Waals surface area contributed by atoms with E-state index in [2.05, 4.69) is 28.0 Å². The van der Waals surface area contributed by atoms with Gasteiger partial charge in [-0.25, -0.2) is 0 Å². The molecule has 0 aliphatic carbocycles. The Morgan fingerprint density at radius 1 is 1.39 bits per heavy atom. The number of nitrogens with one attached hydrogen (secondary N) is 2. The number of benzene rings is 1. The molecule has 0 aliphatic heterocycles. The standard InChI is InChI=1S/C24H25N5O3S/c1-5-11-27-23(30)18(17-25)15-22-29(6-2)24(31)21(33-22)10-12-26-19-8-7-9-20(16-19)32-14-13-28(3)4/h1,7-9,12,16,26H,6,11,13-14H2,2-4H3,(H,27,30). The Labute approximate surface area is 196 Å². The zero-order valence-electron chi connectivity index (χ0n) is 18.8. The summed E-state index contributed by atoms with van der Waals surface area (Å²) >= 11 is 1.08. The Morgan fingerprint density at radius 2 is 2.18 bits per heavy atom. The Kier molecular flexibility index (Phi) is 9.80. The summed E-state index contributed by atoms with van der Waals surface area (Å²) in [6, 6.07) is 9.24. The number of nitrogens with zero attached hydrogens (tertiary/aromatic N) is 3. The van der Waals surface area contributed by atoms with E-state index < -0.39 is 5.91 Å². The third kappa shape index (κ3) is 7.59. The molecule has 2 N–H and O–H groups in total. The van der Waals surface area contributed by atoms with Crippen LogP contribution in [0.5, 0.6) is 5.75 Å². The molecule has 1 amide bonds. The molecule has 9 heteroatoms. The molecule has 0 radical (unpaired) electrons. The summed E-state index contributed by atoms with van der Waals surface area (Å²) in [7, 11) is 3.96. The van der Waals surface area contributed by atoms with E-state index in [1.54, 1.807) is 13.0 Å². The summed E-state index contributed by atoms with van der Waals surface area (Å²) in [5, 5.41) is 14.8. The molecule has 0 aliphatic rings. The summed E-state index contributed by atoms with van der Waals surface area (Å²) in [6.45, 7) is 3.51. The van der Waals surface area contributed by atoms with Crippen molar-refractivity contribution in [3.05, 3.63) is 55.6 Å². The predicted molar refractivity (Wildman–Crippen MR) is 130 cm³/mol. The fraction of sp³-hybridized carbons (Fsp3) is 0.292. The van der Waals surface area contributed by atoms with E-state index in [-0.39, 0.29) is 17.7 Å². The Bertz CT molecular complexity index is 1330. The molecule has 0 saturated carbocycles. The number of aromatic nitrogens is 1. The Morgan fingerprint density at radius 3 is 2.85 bits per heavy atom. The molecular weight excluding hydrogens is 438 g/mol. The number of hydrogen-bond donors (Lipinski definition) is 2. The summed E-state index contributed by atoms with van der Waals surface area (Å²) in [4.78, 5) is 26.7. The second-order valence-electron chi connectivity index (χ2n) is 6.90. The minimum atomic E-state index is -0.644. The van der Waals surface area contributed by atoms with Gasteiger partial charge in [0.15, 0.2) is 5.57 Å². The molecule has 1 heterocycles. The van der Waals surface area contributed by atoms with Crippen LogP contribution in [-0.4, -0.2) is 49.2 Å². The molecule has 0 bridgehead atoms. The first-order chi connectivity index (χ1) is 15.9. The van der Waals surface area contributed by atoms with Crippen LogP contribution < -0.4 is 30.1 Å². The lowest BCUT2D eigenvalue weighted by Gasteiger charge is -2.11. The van der Waals surface area contributed by atoms with Gasteiger partial charge in [-0.3, -0.25) is 14.2 Å². The highest BCUT2D eigenvalue weighted by atomic mass is 32.1. The number of likely N-dealkylation sites (N-methyl/N-ethyl adjacent to an activating group) is 1. The highest BCUT2D eigenvalue weighted by Gasteiger charge is 2.08. The van der Waals surface area contributed by atoms with Crippen LogP contribution in [-0.2, 0) is 11.3 Å². The quantitative estimate of drug-likeness (QED) is 0.318. The summed E-state index contributed by atoms with van der Waals surface area (Å²) < 4.78 is 7.80. The average molecular weight is 464 g/mol. The van der Waals surface area contributed by atoms with Crippen molar-refractivity contribution < 1.29 is 9.53 Å². The van der Waals surface area contributed by atoms with Crippen LogP contribution in [0.1, 0.15) is 6.92 Å². The first-order valence-electron chi connectivity index (χ1n) is 10.1. The number of ether oxygens (including phenoxy) is 1. The molecule has 0 saturated heterocycles. The van der Waals surface area contributed by atoms with Crippen molar-refractivity contribution in [2.75, 3.05) is 39.1 Å². The number of carbonyl (C=O) groups excluding carboxylic acids is 1. The minimum Gasteiger partial charge on any atom is -0.492 e. The molecule has 0 fully saturated rings. The van der Waals surface area contributed by atoms with Crippen LogP contribution in [0.25, 0.3) is 11.5 Å². The normalized spacial score (nSPS) is 9.76. The fourth-order valence-electron chi connectivity index (χ4n) is 2.55. The Hall–Kier alpha value is -3.97. The first kappa shape index (κ1) is 25.3. The van der Waals surface area contributed by atoms with Gasteiger partial charge in [0.2, 0.25) is 0 Å². The van der Waals surface area contributed by atoms with Gasteiger partial charge in [-0.15, -0.1) is 6.42 Å². The molecule has 2 aromatic rings. The van der Waals surface area contributed by atoms with E-state index in [1.807, 2.05) is 43.3 Å². The zero-order valence-corrected chi connectivity index (χ0v) is 19.6. The summed E-state index contributed by atoms with van der Waals surface area (Å²) in [6.07, 6.45) is 6.65. The van der Waals surface area contributed by atoms with Crippen molar-refractivity contribution in [2.45, 2.75) is 13.5 Å². The lowest BCUT2D eigenvalue weighted by atomic mass is 10.3. The Balaban J connectivity index is 2.36. The van der Waals surface area contributed by atoms with Crippen molar-refractivity contribution in [3.63, 3.8) is 0 Å². The van der Waals surface area contributed by atoms with Crippen molar-refractivity contribution >= 4 is 34.4 Å². The van der Waals surface area contributed by atoms with Crippen molar-refractivity contribution in [2.24, 2.45) is 0 Å². The number of rotatable bonds is 9. The largest absolute Gasteiger partial charge is 0.492 e. The first-order valence-corrected chi connectivity index (χ1v) is 10.9. The lowest BCUT2D eigenvalue weighted by molar-refractivity contribution is -0.116. The van der Waals surface area contributed by atoms with Crippen molar-refractivity contribution in [1.29, 1.82) is 5.26 Å². The van der Waals surface area contributed by atoms with Gasteiger partial charge in [0.25, 0.3) is 11.5 Å². The maximum Gasteiger partial charge on any atom is 0.277 e. The smallest absolute Gasteiger partial charge is 0.277 e. The molecule has 0 atom stereocenters. The zero-order chi connectivity index (χ0) is 24.2. The van der Waals surface area contributed by atoms with Gasteiger partial charge in [-0.05, 0) is 33.2 Å². The minimum absolute atomic E-state index is 0.00789. The third-order valence-corrected chi connectivity index (χ3v) is 5.22. The fourth-order valence-corrected chi connectivity index (χ4v) is 3.53. The van der Waals surface area contributed by atoms with Gasteiger partial charge in [0.05, 0.1) is 6.54 Å². The van der Waals surface area contributed by atoms with Crippen LogP contribution in [0.4, 0.5) is 5.69 Å².